The van der Waals surface area contributed by atoms with Gasteiger partial charge in [0.1, 0.15) is 5.82 Å². The smallest absolute Gasteiger partial charge is 0.252 e. The summed E-state index contributed by atoms with van der Waals surface area (Å²) in [4.78, 5) is 21.1. The number of anilines is 1. The van der Waals surface area contributed by atoms with Crippen LogP contribution in [0.3, 0.4) is 0 Å². The van der Waals surface area contributed by atoms with E-state index in [4.69, 9.17) is 4.52 Å². The number of rotatable bonds is 7. The maximum absolute atomic E-state index is 12.3. The van der Waals surface area contributed by atoms with Crippen molar-refractivity contribution in [3.63, 3.8) is 0 Å². The van der Waals surface area contributed by atoms with Crippen molar-refractivity contribution in [2.45, 2.75) is 45.2 Å². The first-order valence-corrected chi connectivity index (χ1v) is 9.61. The molecule has 3 heterocycles. The van der Waals surface area contributed by atoms with Crippen LogP contribution in [0, 0.1) is 6.92 Å². The normalized spacial score (nSPS) is 17.7. The zero-order valence-corrected chi connectivity index (χ0v) is 16.4. The van der Waals surface area contributed by atoms with Crippen LogP contribution < -0.4 is 10.2 Å². The van der Waals surface area contributed by atoms with Crippen LogP contribution in [-0.2, 0) is 6.54 Å². The van der Waals surface area contributed by atoms with Gasteiger partial charge in [0, 0.05) is 31.9 Å². The van der Waals surface area contributed by atoms with Crippen molar-refractivity contribution in [1.29, 1.82) is 0 Å². The van der Waals surface area contributed by atoms with Crippen LogP contribution in [-0.4, -0.2) is 54.2 Å². The van der Waals surface area contributed by atoms with Crippen molar-refractivity contribution >= 4 is 11.7 Å². The lowest BCUT2D eigenvalue weighted by atomic mass is 10.0. The second kappa shape index (κ2) is 8.99. The summed E-state index contributed by atoms with van der Waals surface area (Å²) in [5, 5.41) is 6.91. The summed E-state index contributed by atoms with van der Waals surface area (Å²) in [7, 11) is 4.10. The molecule has 0 radical (unpaired) electrons. The van der Waals surface area contributed by atoms with Gasteiger partial charge in [0.05, 0.1) is 17.8 Å². The van der Waals surface area contributed by atoms with Crippen LogP contribution in [0.15, 0.2) is 28.9 Å². The van der Waals surface area contributed by atoms with Crippen LogP contribution in [0.1, 0.15) is 47.5 Å². The molecule has 2 aromatic rings. The molecule has 0 bridgehead atoms. The quantitative estimate of drug-likeness (QED) is 0.806. The Morgan fingerprint density at radius 2 is 2.26 bits per heavy atom. The Balaban J connectivity index is 1.48. The Kier molecular flexibility index (Phi) is 6.45. The second-order valence-corrected chi connectivity index (χ2v) is 7.37. The summed E-state index contributed by atoms with van der Waals surface area (Å²) in [5.41, 5.74) is 1.44. The van der Waals surface area contributed by atoms with Crippen molar-refractivity contribution in [3.8, 4) is 0 Å². The van der Waals surface area contributed by atoms with Crippen LogP contribution >= 0.6 is 0 Å². The number of pyridine rings is 1. The van der Waals surface area contributed by atoms with Gasteiger partial charge in [0.15, 0.2) is 5.76 Å². The minimum atomic E-state index is -0.0685. The topological polar surface area (TPSA) is 74.5 Å². The van der Waals surface area contributed by atoms with Crippen molar-refractivity contribution in [3.05, 3.63) is 41.4 Å². The van der Waals surface area contributed by atoms with E-state index in [0.717, 1.165) is 30.2 Å². The van der Waals surface area contributed by atoms with Crippen molar-refractivity contribution in [1.82, 2.24) is 20.4 Å². The fraction of sp³-hybridized carbons (Fsp3) is 0.550. The maximum Gasteiger partial charge on any atom is 0.252 e. The number of carbonyl (C=O) groups excluding carboxylic acids is 1. The molecule has 0 aromatic carbocycles. The SMILES string of the molecule is Cc1cc(CN(C)c2ccc(C(=O)NCCC3CCCCN3C)cn2)on1. The number of hydrogen-bond acceptors (Lipinski definition) is 6. The van der Waals surface area contributed by atoms with Gasteiger partial charge < -0.3 is 19.6 Å². The Morgan fingerprint density at radius 1 is 1.41 bits per heavy atom. The predicted octanol–water partition coefficient (Wildman–Crippen LogP) is 2.62. The third-order valence-electron chi connectivity index (χ3n) is 5.16. The second-order valence-electron chi connectivity index (χ2n) is 7.37. The number of piperidine rings is 1. The van der Waals surface area contributed by atoms with E-state index in [1.807, 2.05) is 37.1 Å². The molecule has 0 aliphatic carbocycles. The molecule has 1 saturated heterocycles. The zero-order chi connectivity index (χ0) is 19.2. The number of nitrogens with one attached hydrogen (secondary N) is 1. The molecule has 7 nitrogen and oxygen atoms in total. The van der Waals surface area contributed by atoms with E-state index in [0.29, 0.717) is 24.7 Å². The number of aromatic nitrogens is 2. The number of likely N-dealkylation sites (tertiary alicyclic amines) is 1. The maximum atomic E-state index is 12.3. The fourth-order valence-corrected chi connectivity index (χ4v) is 3.51. The van der Waals surface area contributed by atoms with E-state index in [-0.39, 0.29) is 5.91 Å². The molecule has 1 unspecified atom stereocenters. The summed E-state index contributed by atoms with van der Waals surface area (Å²) >= 11 is 0. The van der Waals surface area contributed by atoms with E-state index in [1.54, 1.807) is 6.20 Å². The first kappa shape index (κ1) is 19.4. The van der Waals surface area contributed by atoms with Gasteiger partial charge in [0.2, 0.25) is 0 Å². The molecule has 27 heavy (non-hydrogen) atoms. The summed E-state index contributed by atoms with van der Waals surface area (Å²) in [6, 6.07) is 6.15. The van der Waals surface area contributed by atoms with Crippen LogP contribution in [0.4, 0.5) is 5.82 Å². The molecule has 1 N–H and O–H groups in total. The molecular formula is C20H29N5O2. The molecule has 2 aromatic heterocycles. The van der Waals surface area contributed by atoms with Crippen LogP contribution in [0.2, 0.25) is 0 Å². The molecule has 1 amide bonds. The molecule has 1 aliphatic rings. The van der Waals surface area contributed by atoms with Crippen molar-refractivity contribution < 1.29 is 9.32 Å². The van der Waals surface area contributed by atoms with E-state index in [2.05, 4.69) is 27.4 Å². The molecule has 1 aliphatic heterocycles. The van der Waals surface area contributed by atoms with Gasteiger partial charge in [0.25, 0.3) is 5.91 Å². The molecule has 0 saturated carbocycles. The molecular weight excluding hydrogens is 342 g/mol. The van der Waals surface area contributed by atoms with E-state index >= 15 is 0 Å². The zero-order valence-electron chi connectivity index (χ0n) is 16.4. The van der Waals surface area contributed by atoms with Crippen molar-refractivity contribution in [2.75, 3.05) is 32.1 Å². The van der Waals surface area contributed by atoms with E-state index < -0.39 is 0 Å². The van der Waals surface area contributed by atoms with Gasteiger partial charge in [-0.3, -0.25) is 4.79 Å². The number of carbonyl (C=O) groups is 1. The van der Waals surface area contributed by atoms with Crippen LogP contribution in [0.25, 0.3) is 0 Å². The third kappa shape index (κ3) is 5.29. The first-order valence-electron chi connectivity index (χ1n) is 9.61. The lowest BCUT2D eigenvalue weighted by Crippen LogP contribution is -2.39. The molecule has 3 rings (SSSR count). The Bertz CT molecular complexity index is 743. The summed E-state index contributed by atoms with van der Waals surface area (Å²) < 4.78 is 5.23. The van der Waals surface area contributed by atoms with Gasteiger partial charge in [-0.25, -0.2) is 4.98 Å². The highest BCUT2D eigenvalue weighted by atomic mass is 16.5. The average Bonchev–Trinajstić information content (AvgIpc) is 3.08. The minimum absolute atomic E-state index is 0.0685. The van der Waals surface area contributed by atoms with Crippen LogP contribution in [0.5, 0.6) is 0 Å². The highest BCUT2D eigenvalue weighted by Crippen LogP contribution is 2.17. The van der Waals surface area contributed by atoms with E-state index in [1.165, 1.54) is 19.3 Å². The average molecular weight is 371 g/mol. The Morgan fingerprint density at radius 3 is 2.93 bits per heavy atom. The molecule has 1 atom stereocenters. The van der Waals surface area contributed by atoms with Gasteiger partial charge in [-0.1, -0.05) is 11.6 Å². The fourth-order valence-electron chi connectivity index (χ4n) is 3.51. The monoisotopic (exact) mass is 371 g/mol. The first-order chi connectivity index (χ1) is 13.0. The van der Waals surface area contributed by atoms with Gasteiger partial charge in [-0.15, -0.1) is 0 Å². The lowest BCUT2D eigenvalue weighted by Gasteiger charge is -2.32. The Labute approximate surface area is 160 Å². The molecule has 7 heteroatoms. The standard InChI is InChI=1S/C20H29N5O2/c1-15-12-18(27-23-15)14-25(3)19-8-7-16(13-22-19)20(26)21-10-9-17-6-4-5-11-24(17)2/h7-8,12-13,17H,4-6,9-11,14H2,1-3H3,(H,21,26). The Hall–Kier alpha value is -2.41. The lowest BCUT2D eigenvalue weighted by molar-refractivity contribution is 0.0945. The number of aryl methyl sites for hydroxylation is 1. The van der Waals surface area contributed by atoms with Crippen molar-refractivity contribution in [2.24, 2.45) is 0 Å². The minimum Gasteiger partial charge on any atom is -0.359 e. The third-order valence-corrected chi connectivity index (χ3v) is 5.16. The molecule has 0 spiro atoms. The van der Waals surface area contributed by atoms with Gasteiger partial charge in [-0.2, -0.15) is 0 Å². The highest BCUT2D eigenvalue weighted by Gasteiger charge is 2.18. The molecule has 146 valence electrons. The summed E-state index contributed by atoms with van der Waals surface area (Å²) in [5.74, 6) is 1.50. The molecule has 1 fully saturated rings. The number of hydrogen-bond donors (Lipinski definition) is 1. The number of nitrogens with zero attached hydrogens (tertiary/aromatic N) is 4. The highest BCUT2D eigenvalue weighted by molar-refractivity contribution is 5.94. The number of amides is 1. The van der Waals surface area contributed by atoms with Gasteiger partial charge >= 0.3 is 0 Å². The summed E-state index contributed by atoms with van der Waals surface area (Å²) in [6.07, 6.45) is 6.41. The van der Waals surface area contributed by atoms with Gasteiger partial charge in [-0.05, 0) is 51.9 Å². The predicted molar refractivity (Wildman–Crippen MR) is 105 cm³/mol. The summed E-state index contributed by atoms with van der Waals surface area (Å²) in [6.45, 7) is 4.32. The largest absolute Gasteiger partial charge is 0.359 e. The van der Waals surface area contributed by atoms with E-state index in [9.17, 15) is 4.79 Å².